The number of hydrogen-bond acceptors (Lipinski definition) is 4. The molecule has 1 heterocycles. The Labute approximate surface area is 163 Å². The van der Waals surface area contributed by atoms with Crippen LogP contribution in [0, 0.1) is 0 Å². The lowest BCUT2D eigenvalue weighted by Crippen LogP contribution is -2.47. The highest BCUT2D eigenvalue weighted by Gasteiger charge is 2.43. The van der Waals surface area contributed by atoms with E-state index >= 15 is 0 Å². The summed E-state index contributed by atoms with van der Waals surface area (Å²) in [5.41, 5.74) is 0.303. The molecule has 0 aromatic heterocycles. The minimum Gasteiger partial charge on any atom is -0.459 e. The molecule has 0 radical (unpaired) electrons. The van der Waals surface area contributed by atoms with Crippen LogP contribution >= 0.6 is 0 Å². The van der Waals surface area contributed by atoms with Gasteiger partial charge in [0.1, 0.15) is 18.2 Å². The third-order valence-electron chi connectivity index (χ3n) is 4.04. The lowest BCUT2D eigenvalue weighted by atomic mass is 10.1. The van der Waals surface area contributed by atoms with Crippen molar-refractivity contribution >= 4 is 12.1 Å². The van der Waals surface area contributed by atoms with E-state index < -0.39 is 17.7 Å². The molecule has 2 rings (SSSR count). The molecular weight excluding hydrogens is 342 g/mol. The van der Waals surface area contributed by atoms with Crippen molar-refractivity contribution in [3.8, 4) is 0 Å². The van der Waals surface area contributed by atoms with Crippen molar-refractivity contribution < 1.29 is 19.1 Å². The van der Waals surface area contributed by atoms with Crippen molar-refractivity contribution in [2.24, 2.45) is 0 Å². The number of ether oxygens (including phenoxy) is 2. The van der Waals surface area contributed by atoms with Gasteiger partial charge in [-0.3, -0.25) is 4.90 Å². The number of benzene rings is 1. The van der Waals surface area contributed by atoms with Crippen molar-refractivity contribution in [1.29, 1.82) is 0 Å². The SMILES string of the molecule is C=CCC1CCC(C(=O)OCc2ccccc2)N1C(=O)OC(C)(C)C.CC. The first-order valence-electron chi connectivity index (χ1n) is 9.64. The van der Waals surface area contributed by atoms with Gasteiger partial charge in [-0.15, -0.1) is 6.58 Å². The molecule has 1 aliphatic rings. The summed E-state index contributed by atoms with van der Waals surface area (Å²) in [6.07, 6.45) is 3.22. The predicted molar refractivity (Wildman–Crippen MR) is 107 cm³/mol. The molecule has 0 N–H and O–H groups in total. The zero-order valence-electron chi connectivity index (χ0n) is 17.2. The zero-order valence-corrected chi connectivity index (χ0v) is 17.2. The fraction of sp³-hybridized carbons (Fsp3) is 0.545. The standard InChI is InChI=1S/C20H27NO4.C2H6/c1-5-9-16-12-13-17(21(16)19(23)25-20(2,3)4)18(22)24-14-15-10-7-6-8-11-15;1-2/h5-8,10-11,16-17H,1,9,12-14H2,2-4H3;1-2H3. The molecule has 1 aliphatic heterocycles. The van der Waals surface area contributed by atoms with Crippen molar-refractivity contribution in [2.75, 3.05) is 0 Å². The second kappa shape index (κ2) is 10.8. The Kier molecular flexibility index (Phi) is 9.06. The fourth-order valence-corrected chi connectivity index (χ4v) is 2.95. The molecule has 27 heavy (non-hydrogen) atoms. The van der Waals surface area contributed by atoms with E-state index in [9.17, 15) is 9.59 Å². The first-order chi connectivity index (χ1) is 12.8. The topological polar surface area (TPSA) is 55.8 Å². The lowest BCUT2D eigenvalue weighted by Gasteiger charge is -2.31. The van der Waals surface area contributed by atoms with Crippen LogP contribution in [0.1, 0.15) is 59.4 Å². The Morgan fingerprint density at radius 3 is 2.37 bits per heavy atom. The number of carbonyl (C=O) groups is 2. The molecule has 1 fully saturated rings. The molecular formula is C22H33NO4. The second-order valence-corrected chi connectivity index (χ2v) is 7.25. The van der Waals surface area contributed by atoms with Crippen molar-refractivity contribution in [2.45, 2.75) is 78.2 Å². The Morgan fingerprint density at radius 1 is 1.19 bits per heavy atom. The van der Waals surface area contributed by atoms with Crippen molar-refractivity contribution in [3.63, 3.8) is 0 Å². The van der Waals surface area contributed by atoms with E-state index in [0.29, 0.717) is 12.8 Å². The average molecular weight is 376 g/mol. The van der Waals surface area contributed by atoms with Crippen LogP contribution in [0.3, 0.4) is 0 Å². The van der Waals surface area contributed by atoms with Gasteiger partial charge in [0.05, 0.1) is 0 Å². The zero-order chi connectivity index (χ0) is 20.4. The smallest absolute Gasteiger partial charge is 0.411 e. The highest BCUT2D eigenvalue weighted by atomic mass is 16.6. The van der Waals surface area contributed by atoms with Gasteiger partial charge in [0.2, 0.25) is 0 Å². The van der Waals surface area contributed by atoms with E-state index in [-0.39, 0.29) is 18.6 Å². The first-order valence-corrected chi connectivity index (χ1v) is 9.64. The molecule has 1 amide bonds. The monoisotopic (exact) mass is 375 g/mol. The molecule has 0 saturated carbocycles. The van der Waals surface area contributed by atoms with Gasteiger partial charge < -0.3 is 9.47 Å². The number of esters is 1. The van der Waals surface area contributed by atoms with Gasteiger partial charge in [-0.25, -0.2) is 9.59 Å². The van der Waals surface area contributed by atoms with E-state index in [4.69, 9.17) is 9.47 Å². The number of rotatable bonds is 5. The van der Waals surface area contributed by atoms with Gasteiger partial charge in [-0.2, -0.15) is 0 Å². The van der Waals surface area contributed by atoms with E-state index in [1.54, 1.807) is 6.08 Å². The Balaban J connectivity index is 0.00000176. The largest absolute Gasteiger partial charge is 0.459 e. The molecule has 2 atom stereocenters. The summed E-state index contributed by atoms with van der Waals surface area (Å²) >= 11 is 0. The normalized spacial score (nSPS) is 18.9. The molecule has 0 bridgehead atoms. The molecule has 0 aliphatic carbocycles. The van der Waals surface area contributed by atoms with Crippen LogP contribution in [0.4, 0.5) is 4.79 Å². The van der Waals surface area contributed by atoms with Gasteiger partial charge in [0.25, 0.3) is 0 Å². The molecule has 5 nitrogen and oxygen atoms in total. The lowest BCUT2D eigenvalue weighted by molar-refractivity contribution is -0.150. The summed E-state index contributed by atoms with van der Waals surface area (Å²) in [4.78, 5) is 26.7. The van der Waals surface area contributed by atoms with Gasteiger partial charge in [-0.1, -0.05) is 50.3 Å². The molecule has 1 saturated heterocycles. The van der Waals surface area contributed by atoms with Gasteiger partial charge in [0.15, 0.2) is 0 Å². The van der Waals surface area contributed by atoms with Crippen LogP contribution in [0.15, 0.2) is 43.0 Å². The van der Waals surface area contributed by atoms with E-state index in [1.807, 2.05) is 65.0 Å². The maximum Gasteiger partial charge on any atom is 0.411 e. The van der Waals surface area contributed by atoms with Crippen LogP contribution in [-0.4, -0.2) is 34.6 Å². The number of hydrogen-bond donors (Lipinski definition) is 0. The Hall–Kier alpha value is -2.30. The summed E-state index contributed by atoms with van der Waals surface area (Å²) < 4.78 is 10.9. The summed E-state index contributed by atoms with van der Waals surface area (Å²) in [5.74, 6) is -0.388. The molecule has 0 spiro atoms. The van der Waals surface area contributed by atoms with E-state index in [1.165, 1.54) is 4.90 Å². The summed E-state index contributed by atoms with van der Waals surface area (Å²) in [5, 5.41) is 0. The van der Waals surface area contributed by atoms with Crippen LogP contribution in [0.2, 0.25) is 0 Å². The third kappa shape index (κ3) is 7.08. The van der Waals surface area contributed by atoms with Gasteiger partial charge in [0, 0.05) is 6.04 Å². The Bertz CT molecular complexity index is 606. The summed E-state index contributed by atoms with van der Waals surface area (Å²) in [6, 6.07) is 8.80. The number of amides is 1. The third-order valence-corrected chi connectivity index (χ3v) is 4.04. The number of nitrogens with zero attached hydrogens (tertiary/aromatic N) is 1. The number of likely N-dealkylation sites (tertiary alicyclic amines) is 1. The molecule has 150 valence electrons. The molecule has 1 aromatic carbocycles. The fourth-order valence-electron chi connectivity index (χ4n) is 2.95. The summed E-state index contributed by atoms with van der Waals surface area (Å²) in [7, 11) is 0. The molecule has 2 unspecified atom stereocenters. The van der Waals surface area contributed by atoms with Gasteiger partial charge >= 0.3 is 12.1 Å². The average Bonchev–Trinajstić information content (AvgIpc) is 3.05. The maximum atomic E-state index is 12.6. The number of carbonyl (C=O) groups excluding carboxylic acids is 2. The van der Waals surface area contributed by atoms with Crippen LogP contribution in [-0.2, 0) is 20.9 Å². The molecule has 1 aromatic rings. The highest BCUT2D eigenvalue weighted by Crippen LogP contribution is 2.29. The maximum absolute atomic E-state index is 12.6. The van der Waals surface area contributed by atoms with E-state index in [0.717, 1.165) is 12.0 Å². The highest BCUT2D eigenvalue weighted by molar-refractivity contribution is 5.82. The van der Waals surface area contributed by atoms with Crippen LogP contribution < -0.4 is 0 Å². The van der Waals surface area contributed by atoms with Gasteiger partial charge in [-0.05, 0) is 45.6 Å². The first kappa shape index (κ1) is 22.7. The quantitative estimate of drug-likeness (QED) is 0.531. The molecule has 5 heteroatoms. The minimum absolute atomic E-state index is 0.0818. The van der Waals surface area contributed by atoms with Crippen LogP contribution in [0.5, 0.6) is 0 Å². The van der Waals surface area contributed by atoms with E-state index in [2.05, 4.69) is 6.58 Å². The van der Waals surface area contributed by atoms with Crippen molar-refractivity contribution in [1.82, 2.24) is 4.90 Å². The van der Waals surface area contributed by atoms with Crippen molar-refractivity contribution in [3.05, 3.63) is 48.6 Å². The second-order valence-electron chi connectivity index (χ2n) is 7.25. The predicted octanol–water partition coefficient (Wildman–Crippen LogP) is 5.10. The van der Waals surface area contributed by atoms with Crippen LogP contribution in [0.25, 0.3) is 0 Å². The minimum atomic E-state index is -0.614. The summed E-state index contributed by atoms with van der Waals surface area (Å²) in [6.45, 7) is 13.4. The Morgan fingerprint density at radius 2 is 1.81 bits per heavy atom.